The van der Waals surface area contributed by atoms with Crippen LogP contribution in [0.5, 0.6) is 5.75 Å². The summed E-state index contributed by atoms with van der Waals surface area (Å²) < 4.78 is 7.20. The van der Waals surface area contributed by atoms with Gasteiger partial charge in [0.05, 0.1) is 24.9 Å². The predicted molar refractivity (Wildman–Crippen MR) is 73.2 cm³/mol. The Morgan fingerprint density at radius 3 is 2.58 bits per heavy atom. The summed E-state index contributed by atoms with van der Waals surface area (Å²) in [6, 6.07) is 7.73. The van der Waals surface area contributed by atoms with E-state index in [9.17, 15) is 0 Å². The Kier molecular flexibility index (Phi) is 3.57. The van der Waals surface area contributed by atoms with Gasteiger partial charge in [0, 0.05) is 5.69 Å². The van der Waals surface area contributed by atoms with Crippen LogP contribution in [0.25, 0.3) is 0 Å². The van der Waals surface area contributed by atoms with E-state index in [1.165, 1.54) is 11.3 Å². The summed E-state index contributed by atoms with van der Waals surface area (Å²) in [6.45, 7) is 6.84. The number of rotatable bonds is 3. The molecule has 0 amide bonds. The fraction of sp³-hybridized carbons (Fsp3) is 0.333. The van der Waals surface area contributed by atoms with Crippen LogP contribution in [0.2, 0.25) is 0 Å². The highest BCUT2D eigenvalue weighted by Gasteiger charge is 2.09. The van der Waals surface area contributed by atoms with Crippen LogP contribution in [0, 0.1) is 32.1 Å². The number of methoxy groups -OCH3 is 1. The standard InChI is InChI=1S/C15H17N3O/c1-10-11(2)17-18(12(10)3)9-13-5-6-14(8-16)15(7-13)19-4/h5-7H,9H2,1-4H3. The van der Waals surface area contributed by atoms with Crippen LogP contribution >= 0.6 is 0 Å². The first kappa shape index (κ1) is 13.2. The van der Waals surface area contributed by atoms with Crippen LogP contribution < -0.4 is 4.74 Å². The summed E-state index contributed by atoms with van der Waals surface area (Å²) in [5.74, 6) is 0.609. The van der Waals surface area contributed by atoms with Crippen LogP contribution in [-0.4, -0.2) is 16.9 Å². The van der Waals surface area contributed by atoms with Crippen molar-refractivity contribution in [2.24, 2.45) is 0 Å². The average molecular weight is 255 g/mol. The van der Waals surface area contributed by atoms with E-state index in [0.29, 0.717) is 17.9 Å². The van der Waals surface area contributed by atoms with Crippen molar-refractivity contribution in [3.05, 3.63) is 46.3 Å². The molecule has 0 aliphatic carbocycles. The fourth-order valence-corrected chi connectivity index (χ4v) is 2.04. The van der Waals surface area contributed by atoms with Crippen molar-refractivity contribution in [2.45, 2.75) is 27.3 Å². The minimum absolute atomic E-state index is 0.552. The fourth-order valence-electron chi connectivity index (χ4n) is 2.04. The Hall–Kier alpha value is -2.28. The molecule has 1 aromatic carbocycles. The van der Waals surface area contributed by atoms with Crippen molar-refractivity contribution in [1.29, 1.82) is 5.26 Å². The molecule has 4 heteroatoms. The molecule has 0 unspecified atom stereocenters. The third-order valence-electron chi connectivity index (χ3n) is 3.46. The van der Waals surface area contributed by atoms with E-state index in [-0.39, 0.29) is 0 Å². The van der Waals surface area contributed by atoms with Gasteiger partial charge in [0.1, 0.15) is 11.8 Å². The number of aromatic nitrogens is 2. The summed E-state index contributed by atoms with van der Waals surface area (Å²) in [5, 5.41) is 13.5. The van der Waals surface area contributed by atoms with Gasteiger partial charge in [-0.05, 0) is 44.0 Å². The number of hydrogen-bond acceptors (Lipinski definition) is 3. The molecule has 2 rings (SSSR count). The highest BCUT2D eigenvalue weighted by Crippen LogP contribution is 2.21. The molecule has 2 aromatic rings. The Labute approximate surface area is 113 Å². The van der Waals surface area contributed by atoms with E-state index < -0.39 is 0 Å². The molecular weight excluding hydrogens is 238 g/mol. The Balaban J connectivity index is 2.34. The van der Waals surface area contributed by atoms with Crippen molar-refractivity contribution in [1.82, 2.24) is 9.78 Å². The van der Waals surface area contributed by atoms with E-state index in [0.717, 1.165) is 11.3 Å². The second kappa shape index (κ2) is 5.15. The summed E-state index contributed by atoms with van der Waals surface area (Å²) in [6.07, 6.45) is 0. The number of benzene rings is 1. The maximum atomic E-state index is 8.97. The molecule has 19 heavy (non-hydrogen) atoms. The van der Waals surface area contributed by atoms with Gasteiger partial charge >= 0.3 is 0 Å². The average Bonchev–Trinajstić information content (AvgIpc) is 2.66. The van der Waals surface area contributed by atoms with Gasteiger partial charge in [-0.25, -0.2) is 0 Å². The predicted octanol–water partition coefficient (Wildman–Crippen LogP) is 2.74. The third-order valence-corrected chi connectivity index (χ3v) is 3.46. The Morgan fingerprint density at radius 1 is 1.32 bits per heavy atom. The summed E-state index contributed by atoms with van der Waals surface area (Å²) in [4.78, 5) is 0. The van der Waals surface area contributed by atoms with Gasteiger partial charge in [-0.2, -0.15) is 10.4 Å². The van der Waals surface area contributed by atoms with E-state index in [4.69, 9.17) is 10.00 Å². The van der Waals surface area contributed by atoms with Crippen LogP contribution in [0.1, 0.15) is 28.1 Å². The lowest BCUT2D eigenvalue weighted by Gasteiger charge is -2.08. The molecule has 0 atom stereocenters. The molecule has 0 spiro atoms. The first-order valence-corrected chi connectivity index (χ1v) is 6.14. The van der Waals surface area contributed by atoms with Gasteiger partial charge in [0.2, 0.25) is 0 Å². The topological polar surface area (TPSA) is 50.8 Å². The van der Waals surface area contributed by atoms with Gasteiger partial charge in [0.25, 0.3) is 0 Å². The normalized spacial score (nSPS) is 10.3. The number of ether oxygens (including phenoxy) is 1. The van der Waals surface area contributed by atoms with Crippen molar-refractivity contribution < 1.29 is 4.74 Å². The highest BCUT2D eigenvalue weighted by molar-refractivity contribution is 5.45. The van der Waals surface area contributed by atoms with Gasteiger partial charge in [-0.1, -0.05) is 6.07 Å². The lowest BCUT2D eigenvalue weighted by molar-refractivity contribution is 0.412. The van der Waals surface area contributed by atoms with Crippen molar-refractivity contribution >= 4 is 0 Å². The Bertz CT molecular complexity index is 650. The zero-order chi connectivity index (χ0) is 14.0. The van der Waals surface area contributed by atoms with Crippen LogP contribution in [0.4, 0.5) is 0 Å². The van der Waals surface area contributed by atoms with Gasteiger partial charge in [-0.15, -0.1) is 0 Å². The molecule has 4 nitrogen and oxygen atoms in total. The summed E-state index contributed by atoms with van der Waals surface area (Å²) in [5.41, 5.74) is 5.07. The monoisotopic (exact) mass is 255 g/mol. The minimum Gasteiger partial charge on any atom is -0.495 e. The maximum Gasteiger partial charge on any atom is 0.136 e. The smallest absolute Gasteiger partial charge is 0.136 e. The molecule has 0 fully saturated rings. The molecule has 0 aliphatic heterocycles. The van der Waals surface area contributed by atoms with Crippen LogP contribution in [0.3, 0.4) is 0 Å². The van der Waals surface area contributed by atoms with E-state index >= 15 is 0 Å². The van der Waals surface area contributed by atoms with Gasteiger partial charge in [-0.3, -0.25) is 4.68 Å². The second-order valence-electron chi connectivity index (χ2n) is 4.60. The second-order valence-corrected chi connectivity index (χ2v) is 4.60. The minimum atomic E-state index is 0.552. The molecule has 0 saturated heterocycles. The molecular formula is C15H17N3O. The van der Waals surface area contributed by atoms with Crippen LogP contribution in [0.15, 0.2) is 18.2 Å². The number of nitrogens with zero attached hydrogens (tertiary/aromatic N) is 3. The van der Waals surface area contributed by atoms with Crippen molar-refractivity contribution in [2.75, 3.05) is 7.11 Å². The molecule has 1 aromatic heterocycles. The first-order valence-electron chi connectivity index (χ1n) is 6.14. The molecule has 0 bridgehead atoms. The Morgan fingerprint density at radius 2 is 2.05 bits per heavy atom. The van der Waals surface area contributed by atoms with E-state index in [1.807, 2.05) is 23.7 Å². The van der Waals surface area contributed by atoms with Crippen molar-refractivity contribution in [3.8, 4) is 11.8 Å². The number of hydrogen-bond donors (Lipinski definition) is 0. The molecule has 1 heterocycles. The zero-order valence-corrected chi connectivity index (χ0v) is 11.7. The van der Waals surface area contributed by atoms with Gasteiger partial charge in [0.15, 0.2) is 0 Å². The van der Waals surface area contributed by atoms with E-state index in [2.05, 4.69) is 25.0 Å². The molecule has 0 radical (unpaired) electrons. The first-order chi connectivity index (χ1) is 9.06. The lowest BCUT2D eigenvalue weighted by Crippen LogP contribution is -2.04. The largest absolute Gasteiger partial charge is 0.495 e. The lowest BCUT2D eigenvalue weighted by atomic mass is 10.1. The third kappa shape index (κ3) is 2.45. The highest BCUT2D eigenvalue weighted by atomic mass is 16.5. The quantitative estimate of drug-likeness (QED) is 0.847. The number of aryl methyl sites for hydroxylation is 1. The SMILES string of the molecule is COc1cc(Cn2nc(C)c(C)c2C)ccc1C#N. The number of nitriles is 1. The van der Waals surface area contributed by atoms with Gasteiger partial charge < -0.3 is 4.74 Å². The summed E-state index contributed by atoms with van der Waals surface area (Å²) >= 11 is 0. The molecule has 98 valence electrons. The molecule has 0 aliphatic rings. The molecule has 0 N–H and O–H groups in total. The van der Waals surface area contributed by atoms with Crippen molar-refractivity contribution in [3.63, 3.8) is 0 Å². The van der Waals surface area contributed by atoms with E-state index in [1.54, 1.807) is 13.2 Å². The zero-order valence-electron chi connectivity index (χ0n) is 11.7. The summed E-state index contributed by atoms with van der Waals surface area (Å²) in [7, 11) is 1.58. The van der Waals surface area contributed by atoms with Crippen LogP contribution in [-0.2, 0) is 6.54 Å². The molecule has 0 saturated carbocycles. The maximum absolute atomic E-state index is 8.97.